The molecular weight excluding hydrogens is 176 g/mol. The van der Waals surface area contributed by atoms with Crippen LogP contribution in [-0.2, 0) is 0 Å². The lowest BCUT2D eigenvalue weighted by Crippen LogP contribution is -2.36. The molecule has 1 saturated carbocycles. The molecule has 11 heavy (non-hydrogen) atoms. The van der Waals surface area contributed by atoms with Crippen molar-refractivity contribution in [3.63, 3.8) is 0 Å². The SMILES string of the molecule is OC1CCCCC12SCCS2. The van der Waals surface area contributed by atoms with E-state index >= 15 is 0 Å². The van der Waals surface area contributed by atoms with E-state index in [0.717, 1.165) is 6.42 Å². The summed E-state index contributed by atoms with van der Waals surface area (Å²) < 4.78 is 0.220. The van der Waals surface area contributed by atoms with Crippen LogP contribution in [0.1, 0.15) is 25.7 Å². The Labute approximate surface area is 76.3 Å². The minimum atomic E-state index is -0.0336. The van der Waals surface area contributed by atoms with Crippen LogP contribution in [0.15, 0.2) is 0 Å². The van der Waals surface area contributed by atoms with Crippen LogP contribution in [0.5, 0.6) is 0 Å². The van der Waals surface area contributed by atoms with E-state index in [4.69, 9.17) is 0 Å². The molecule has 1 nitrogen and oxygen atoms in total. The van der Waals surface area contributed by atoms with Crippen LogP contribution >= 0.6 is 23.5 Å². The van der Waals surface area contributed by atoms with Crippen LogP contribution in [0, 0.1) is 0 Å². The molecule has 1 spiro atoms. The summed E-state index contributed by atoms with van der Waals surface area (Å²) >= 11 is 3.97. The quantitative estimate of drug-likeness (QED) is 0.631. The second-order valence-corrected chi connectivity index (χ2v) is 6.38. The van der Waals surface area contributed by atoms with Crippen molar-refractivity contribution < 1.29 is 5.11 Å². The first-order valence-corrected chi connectivity index (χ1v) is 6.27. The van der Waals surface area contributed by atoms with E-state index in [1.165, 1.54) is 30.8 Å². The third kappa shape index (κ3) is 1.43. The van der Waals surface area contributed by atoms with Crippen molar-refractivity contribution in [2.75, 3.05) is 11.5 Å². The van der Waals surface area contributed by atoms with Gasteiger partial charge in [0.1, 0.15) is 0 Å². The monoisotopic (exact) mass is 190 g/mol. The van der Waals surface area contributed by atoms with Gasteiger partial charge in [0, 0.05) is 11.5 Å². The van der Waals surface area contributed by atoms with Crippen LogP contribution < -0.4 is 0 Å². The molecule has 0 radical (unpaired) electrons. The molecule has 1 N–H and O–H groups in total. The van der Waals surface area contributed by atoms with E-state index in [1.807, 2.05) is 23.5 Å². The summed E-state index contributed by atoms with van der Waals surface area (Å²) in [7, 11) is 0. The summed E-state index contributed by atoms with van der Waals surface area (Å²) in [6, 6.07) is 0. The molecule has 1 aliphatic heterocycles. The zero-order chi connectivity index (χ0) is 7.73. The van der Waals surface area contributed by atoms with Crippen molar-refractivity contribution in [3.8, 4) is 0 Å². The second-order valence-electron chi connectivity index (χ2n) is 3.27. The molecule has 0 bridgehead atoms. The Morgan fingerprint density at radius 2 is 1.91 bits per heavy atom. The van der Waals surface area contributed by atoms with Gasteiger partial charge >= 0.3 is 0 Å². The zero-order valence-electron chi connectivity index (χ0n) is 6.58. The van der Waals surface area contributed by atoms with Gasteiger partial charge in [-0.3, -0.25) is 0 Å². The van der Waals surface area contributed by atoms with Gasteiger partial charge in [0.25, 0.3) is 0 Å². The molecule has 2 rings (SSSR count). The fraction of sp³-hybridized carbons (Fsp3) is 1.00. The fourth-order valence-corrected chi connectivity index (χ4v) is 5.29. The first-order chi connectivity index (χ1) is 5.33. The van der Waals surface area contributed by atoms with Crippen molar-refractivity contribution in [3.05, 3.63) is 0 Å². The third-order valence-electron chi connectivity index (χ3n) is 2.54. The number of hydrogen-bond donors (Lipinski definition) is 1. The third-order valence-corrected chi connectivity index (χ3v) is 6.25. The number of aliphatic hydroxyl groups excluding tert-OH is 1. The summed E-state index contributed by atoms with van der Waals surface area (Å²) in [4.78, 5) is 0. The lowest BCUT2D eigenvalue weighted by Gasteiger charge is -2.36. The highest BCUT2D eigenvalue weighted by molar-refractivity contribution is 8.21. The van der Waals surface area contributed by atoms with Gasteiger partial charge in [0.2, 0.25) is 0 Å². The lowest BCUT2D eigenvalue weighted by molar-refractivity contribution is 0.126. The van der Waals surface area contributed by atoms with Gasteiger partial charge in [0.05, 0.1) is 10.2 Å². The molecule has 1 atom stereocenters. The molecule has 0 aromatic carbocycles. The van der Waals surface area contributed by atoms with Gasteiger partial charge < -0.3 is 5.11 Å². The van der Waals surface area contributed by atoms with E-state index in [0.29, 0.717) is 0 Å². The Balaban J connectivity index is 2.07. The molecule has 0 amide bonds. The smallest absolute Gasteiger partial charge is 0.0869 e. The highest BCUT2D eigenvalue weighted by Crippen LogP contribution is 2.52. The zero-order valence-corrected chi connectivity index (χ0v) is 8.22. The summed E-state index contributed by atoms with van der Waals surface area (Å²) in [6.07, 6.45) is 4.76. The van der Waals surface area contributed by atoms with E-state index < -0.39 is 0 Å². The second kappa shape index (κ2) is 3.19. The van der Waals surface area contributed by atoms with Crippen molar-refractivity contribution in [1.82, 2.24) is 0 Å². The maximum absolute atomic E-state index is 9.82. The van der Waals surface area contributed by atoms with E-state index in [2.05, 4.69) is 0 Å². The molecule has 2 fully saturated rings. The molecule has 0 aromatic heterocycles. The highest BCUT2D eigenvalue weighted by atomic mass is 32.2. The molecule has 64 valence electrons. The predicted molar refractivity (Wildman–Crippen MR) is 52.1 cm³/mol. The minimum absolute atomic E-state index is 0.0336. The Kier molecular flexibility index (Phi) is 2.40. The van der Waals surface area contributed by atoms with Crippen LogP contribution in [0.25, 0.3) is 0 Å². The first-order valence-electron chi connectivity index (χ1n) is 4.29. The van der Waals surface area contributed by atoms with Gasteiger partial charge in [-0.15, -0.1) is 23.5 Å². The number of thioether (sulfide) groups is 2. The number of hydrogen-bond acceptors (Lipinski definition) is 3. The Morgan fingerprint density at radius 1 is 1.18 bits per heavy atom. The summed E-state index contributed by atoms with van der Waals surface area (Å²) in [5.41, 5.74) is 0. The highest BCUT2D eigenvalue weighted by Gasteiger charge is 2.43. The molecule has 1 saturated heterocycles. The first kappa shape index (κ1) is 8.27. The van der Waals surface area contributed by atoms with Crippen LogP contribution in [0.3, 0.4) is 0 Å². The van der Waals surface area contributed by atoms with Crippen molar-refractivity contribution in [2.24, 2.45) is 0 Å². The minimum Gasteiger partial charge on any atom is -0.391 e. The Hall–Kier alpha value is 0.660. The van der Waals surface area contributed by atoms with Gasteiger partial charge in [-0.2, -0.15) is 0 Å². The largest absolute Gasteiger partial charge is 0.391 e. The average molecular weight is 190 g/mol. The van der Waals surface area contributed by atoms with E-state index in [9.17, 15) is 5.11 Å². The summed E-state index contributed by atoms with van der Waals surface area (Å²) in [5.74, 6) is 2.48. The standard InChI is InChI=1S/C8H14OS2/c9-7-3-1-2-4-8(7)10-5-6-11-8/h7,9H,1-6H2. The summed E-state index contributed by atoms with van der Waals surface area (Å²) in [5, 5.41) is 9.82. The normalized spacial score (nSPS) is 36.3. The maximum atomic E-state index is 9.82. The maximum Gasteiger partial charge on any atom is 0.0869 e. The van der Waals surface area contributed by atoms with E-state index in [1.54, 1.807) is 0 Å². The number of aliphatic hydroxyl groups is 1. The molecular formula is C8H14OS2. The topological polar surface area (TPSA) is 20.2 Å². The lowest BCUT2D eigenvalue weighted by atomic mass is 9.97. The van der Waals surface area contributed by atoms with Gasteiger partial charge in [-0.05, 0) is 12.8 Å². The average Bonchev–Trinajstić information content (AvgIpc) is 2.46. The Bertz CT molecular complexity index is 143. The molecule has 0 aromatic rings. The Morgan fingerprint density at radius 3 is 2.55 bits per heavy atom. The van der Waals surface area contributed by atoms with Crippen LogP contribution in [-0.4, -0.2) is 26.8 Å². The van der Waals surface area contributed by atoms with E-state index in [-0.39, 0.29) is 10.2 Å². The molecule has 1 aliphatic carbocycles. The van der Waals surface area contributed by atoms with Crippen molar-refractivity contribution in [2.45, 2.75) is 35.9 Å². The van der Waals surface area contributed by atoms with Crippen molar-refractivity contribution >= 4 is 23.5 Å². The van der Waals surface area contributed by atoms with Gasteiger partial charge in [-0.25, -0.2) is 0 Å². The van der Waals surface area contributed by atoms with Gasteiger partial charge in [0.15, 0.2) is 0 Å². The molecule has 2 aliphatic rings. The molecule has 1 heterocycles. The predicted octanol–water partition coefficient (Wildman–Crippen LogP) is 2.10. The van der Waals surface area contributed by atoms with Gasteiger partial charge in [-0.1, -0.05) is 12.8 Å². The van der Waals surface area contributed by atoms with Crippen molar-refractivity contribution in [1.29, 1.82) is 0 Å². The molecule has 1 unspecified atom stereocenters. The fourth-order valence-electron chi connectivity index (χ4n) is 1.90. The number of rotatable bonds is 0. The van der Waals surface area contributed by atoms with Crippen LogP contribution in [0.4, 0.5) is 0 Å². The molecule has 3 heteroatoms. The van der Waals surface area contributed by atoms with Crippen LogP contribution in [0.2, 0.25) is 0 Å². The summed E-state index contributed by atoms with van der Waals surface area (Å²) in [6.45, 7) is 0.